The Bertz CT molecular complexity index is 890. The molecule has 0 atom stereocenters. The van der Waals surface area contributed by atoms with Crippen molar-refractivity contribution in [3.05, 3.63) is 62.8 Å². The number of non-ortho nitro benzene ring substituents is 1. The quantitative estimate of drug-likeness (QED) is 0.613. The molecule has 1 aliphatic rings. The van der Waals surface area contributed by atoms with Crippen LogP contribution in [0.3, 0.4) is 0 Å². The van der Waals surface area contributed by atoms with Gasteiger partial charge in [-0.25, -0.2) is 4.98 Å². The maximum atomic E-state index is 12.4. The number of amides is 1. The number of hydrogen-bond acceptors (Lipinski definition) is 6. The second kappa shape index (κ2) is 6.75. The lowest BCUT2D eigenvalue weighted by Gasteiger charge is -2.38. The summed E-state index contributed by atoms with van der Waals surface area (Å²) in [6.45, 7) is 0.554. The molecule has 1 aromatic heterocycles. The first-order valence-electron chi connectivity index (χ1n) is 7.24. The largest absolute Gasteiger partial charge is 0.470 e. The third-order valence-electron chi connectivity index (χ3n) is 3.70. The number of likely N-dealkylation sites (tertiary alicyclic amines) is 1. The number of nitriles is 1. The number of benzene rings is 1. The van der Waals surface area contributed by atoms with Gasteiger partial charge in [0, 0.05) is 18.3 Å². The molecule has 1 aromatic carbocycles. The van der Waals surface area contributed by atoms with Gasteiger partial charge in [0.05, 0.1) is 28.6 Å². The van der Waals surface area contributed by atoms with E-state index in [4.69, 9.17) is 21.6 Å². The van der Waals surface area contributed by atoms with Gasteiger partial charge in [-0.15, -0.1) is 0 Å². The van der Waals surface area contributed by atoms with Crippen molar-refractivity contribution in [1.82, 2.24) is 9.88 Å². The molecular weight excluding hydrogens is 348 g/mol. The molecule has 0 spiro atoms. The molecule has 1 saturated heterocycles. The molecule has 9 heteroatoms. The minimum Gasteiger partial charge on any atom is -0.470 e. The van der Waals surface area contributed by atoms with E-state index in [1.807, 2.05) is 6.07 Å². The summed E-state index contributed by atoms with van der Waals surface area (Å²) in [6, 6.07) is 8.93. The Morgan fingerprint density at radius 1 is 1.44 bits per heavy atom. The van der Waals surface area contributed by atoms with Gasteiger partial charge in [-0.3, -0.25) is 14.9 Å². The van der Waals surface area contributed by atoms with Crippen LogP contribution < -0.4 is 4.74 Å². The van der Waals surface area contributed by atoms with Crippen molar-refractivity contribution in [3.63, 3.8) is 0 Å². The molecule has 0 unspecified atom stereocenters. The van der Waals surface area contributed by atoms with Gasteiger partial charge in [-0.1, -0.05) is 11.6 Å². The summed E-state index contributed by atoms with van der Waals surface area (Å²) in [4.78, 5) is 28.2. The fourth-order valence-electron chi connectivity index (χ4n) is 2.37. The molecule has 0 aliphatic carbocycles. The Hall–Kier alpha value is -3.18. The Morgan fingerprint density at radius 2 is 2.20 bits per heavy atom. The van der Waals surface area contributed by atoms with Crippen LogP contribution in [0.2, 0.25) is 5.02 Å². The summed E-state index contributed by atoms with van der Waals surface area (Å²) in [5.74, 6) is -0.189. The number of halogens is 1. The zero-order chi connectivity index (χ0) is 18.0. The van der Waals surface area contributed by atoms with E-state index in [-0.39, 0.29) is 41.3 Å². The number of nitro benzene ring substituents is 1. The second-order valence-electron chi connectivity index (χ2n) is 5.34. The minimum atomic E-state index is -0.584. The van der Waals surface area contributed by atoms with Crippen molar-refractivity contribution in [2.24, 2.45) is 0 Å². The number of nitro groups is 1. The normalized spacial score (nSPS) is 13.7. The van der Waals surface area contributed by atoms with E-state index < -0.39 is 10.8 Å². The molecule has 0 bridgehead atoms. The molecular formula is C16H11ClN4O4. The van der Waals surface area contributed by atoms with Crippen LogP contribution in [0.4, 0.5) is 5.69 Å². The van der Waals surface area contributed by atoms with E-state index in [0.717, 1.165) is 6.07 Å². The van der Waals surface area contributed by atoms with Gasteiger partial charge in [-0.2, -0.15) is 5.26 Å². The highest BCUT2D eigenvalue weighted by Gasteiger charge is 2.34. The number of aromatic nitrogens is 1. The number of hydrogen-bond donors (Lipinski definition) is 0. The highest BCUT2D eigenvalue weighted by molar-refractivity contribution is 6.34. The molecule has 1 aliphatic heterocycles. The van der Waals surface area contributed by atoms with Crippen molar-refractivity contribution < 1.29 is 14.5 Å². The molecule has 25 heavy (non-hydrogen) atoms. The van der Waals surface area contributed by atoms with Gasteiger partial charge in [0.2, 0.25) is 5.88 Å². The summed E-state index contributed by atoms with van der Waals surface area (Å²) in [7, 11) is 0. The maximum absolute atomic E-state index is 12.4. The van der Waals surface area contributed by atoms with Crippen molar-refractivity contribution in [2.45, 2.75) is 6.10 Å². The topological polar surface area (TPSA) is 109 Å². The average molecular weight is 359 g/mol. The van der Waals surface area contributed by atoms with Crippen LogP contribution in [0, 0.1) is 21.4 Å². The number of rotatable bonds is 4. The molecule has 8 nitrogen and oxygen atoms in total. The van der Waals surface area contributed by atoms with E-state index in [1.54, 1.807) is 12.1 Å². The third kappa shape index (κ3) is 3.36. The zero-order valence-corrected chi connectivity index (χ0v) is 13.5. The predicted octanol–water partition coefficient (Wildman–Crippen LogP) is 2.42. The van der Waals surface area contributed by atoms with Gasteiger partial charge < -0.3 is 9.64 Å². The smallest absolute Gasteiger partial charge is 0.270 e. The Kier molecular flexibility index (Phi) is 4.50. The zero-order valence-electron chi connectivity index (χ0n) is 12.8. The van der Waals surface area contributed by atoms with Gasteiger partial charge in [0.1, 0.15) is 17.7 Å². The Morgan fingerprint density at radius 3 is 2.88 bits per heavy atom. The molecule has 3 rings (SSSR count). The highest BCUT2D eigenvalue weighted by Crippen LogP contribution is 2.26. The van der Waals surface area contributed by atoms with Crippen LogP contribution in [0.15, 0.2) is 36.5 Å². The first-order chi connectivity index (χ1) is 12.0. The van der Waals surface area contributed by atoms with Crippen molar-refractivity contribution in [1.29, 1.82) is 5.26 Å². The van der Waals surface area contributed by atoms with E-state index in [0.29, 0.717) is 5.56 Å². The number of carbonyl (C=O) groups excluding carboxylic acids is 1. The molecule has 126 valence electrons. The van der Waals surface area contributed by atoms with E-state index in [9.17, 15) is 14.9 Å². The molecule has 2 heterocycles. The van der Waals surface area contributed by atoms with Crippen molar-refractivity contribution >= 4 is 23.2 Å². The summed E-state index contributed by atoms with van der Waals surface area (Å²) in [6.07, 6.45) is 1.21. The lowest BCUT2D eigenvalue weighted by atomic mass is 10.1. The standard InChI is InChI=1S/C16H11ClN4O4/c17-14-4-3-11(21(23)24)6-13(14)16(22)20-8-12(9-20)25-15-10(7-18)2-1-5-19-15/h1-6,12H,8-9H2. The highest BCUT2D eigenvalue weighted by atomic mass is 35.5. The van der Waals surface area contributed by atoms with Crippen LogP contribution in [-0.4, -0.2) is 39.9 Å². The number of carbonyl (C=O) groups is 1. The fourth-order valence-corrected chi connectivity index (χ4v) is 2.57. The van der Waals surface area contributed by atoms with Crippen LogP contribution in [0.5, 0.6) is 5.88 Å². The summed E-state index contributed by atoms with van der Waals surface area (Å²) in [5, 5.41) is 20.0. The minimum absolute atomic E-state index is 0.0740. The first-order valence-corrected chi connectivity index (χ1v) is 7.62. The monoisotopic (exact) mass is 358 g/mol. The maximum Gasteiger partial charge on any atom is 0.270 e. The van der Waals surface area contributed by atoms with E-state index >= 15 is 0 Å². The number of ether oxygens (including phenoxy) is 1. The van der Waals surface area contributed by atoms with Crippen LogP contribution in [0.25, 0.3) is 0 Å². The predicted molar refractivity (Wildman–Crippen MR) is 87.4 cm³/mol. The summed E-state index contributed by atoms with van der Waals surface area (Å²) in [5.41, 5.74) is 0.187. The second-order valence-corrected chi connectivity index (χ2v) is 5.75. The molecule has 0 saturated carbocycles. The van der Waals surface area contributed by atoms with Gasteiger partial charge in [0.25, 0.3) is 11.6 Å². The molecule has 0 radical (unpaired) electrons. The van der Waals surface area contributed by atoms with Crippen LogP contribution in [0.1, 0.15) is 15.9 Å². The first kappa shape index (κ1) is 16.7. The average Bonchev–Trinajstić information content (AvgIpc) is 2.57. The molecule has 0 N–H and O–H groups in total. The van der Waals surface area contributed by atoms with Crippen LogP contribution >= 0.6 is 11.6 Å². The third-order valence-corrected chi connectivity index (χ3v) is 4.03. The fraction of sp³-hybridized carbons (Fsp3) is 0.188. The Balaban J connectivity index is 1.67. The lowest BCUT2D eigenvalue weighted by Crippen LogP contribution is -2.56. The van der Waals surface area contributed by atoms with E-state index in [2.05, 4.69) is 4.98 Å². The number of pyridine rings is 1. The lowest BCUT2D eigenvalue weighted by molar-refractivity contribution is -0.384. The van der Waals surface area contributed by atoms with Crippen LogP contribution in [-0.2, 0) is 0 Å². The Labute approximate surface area is 147 Å². The number of nitrogens with zero attached hydrogens (tertiary/aromatic N) is 4. The van der Waals surface area contributed by atoms with Gasteiger partial charge in [-0.05, 0) is 18.2 Å². The molecule has 2 aromatic rings. The summed E-state index contributed by atoms with van der Waals surface area (Å²) < 4.78 is 5.61. The van der Waals surface area contributed by atoms with Gasteiger partial charge >= 0.3 is 0 Å². The molecule has 1 amide bonds. The van der Waals surface area contributed by atoms with Gasteiger partial charge in [0.15, 0.2) is 0 Å². The molecule has 1 fully saturated rings. The van der Waals surface area contributed by atoms with Crippen molar-refractivity contribution in [2.75, 3.05) is 13.1 Å². The SMILES string of the molecule is N#Cc1cccnc1OC1CN(C(=O)c2cc([N+](=O)[O-])ccc2Cl)C1. The van der Waals surface area contributed by atoms with E-state index in [1.165, 1.54) is 23.2 Å². The summed E-state index contributed by atoms with van der Waals surface area (Å²) >= 11 is 5.98. The van der Waals surface area contributed by atoms with Crippen molar-refractivity contribution in [3.8, 4) is 11.9 Å².